The Balaban J connectivity index is 1.89. The van der Waals surface area contributed by atoms with Crippen LogP contribution in [0.4, 0.5) is 0 Å². The highest BCUT2D eigenvalue weighted by molar-refractivity contribution is 5.24. The Morgan fingerprint density at radius 3 is 2.75 bits per heavy atom. The van der Waals surface area contributed by atoms with Crippen molar-refractivity contribution in [2.75, 3.05) is 0 Å². The Bertz CT molecular complexity index is 401. The van der Waals surface area contributed by atoms with E-state index < -0.39 is 0 Å². The Kier molecular flexibility index (Phi) is 2.28. The minimum atomic E-state index is 0.432. The standard InChI is InChI=1S/C14H19NO/c1-8-6-11(4-5-15-8)12-7-13-9(2)10(3)14(12)16-13/h4-6,9-10,12-14H,7H2,1-3H3. The van der Waals surface area contributed by atoms with Gasteiger partial charge in [-0.05, 0) is 42.9 Å². The maximum Gasteiger partial charge on any atom is 0.0677 e. The van der Waals surface area contributed by atoms with E-state index in [9.17, 15) is 0 Å². The van der Waals surface area contributed by atoms with E-state index in [0.717, 1.165) is 11.6 Å². The first-order chi connectivity index (χ1) is 7.66. The Morgan fingerprint density at radius 2 is 2.12 bits per heavy atom. The molecule has 1 aromatic rings. The number of fused-ring (bicyclic) bond motifs is 2. The van der Waals surface area contributed by atoms with Crippen LogP contribution in [-0.2, 0) is 4.74 Å². The van der Waals surface area contributed by atoms with Gasteiger partial charge in [-0.25, -0.2) is 0 Å². The summed E-state index contributed by atoms with van der Waals surface area (Å²) < 4.78 is 6.08. The van der Waals surface area contributed by atoms with Crippen molar-refractivity contribution in [3.05, 3.63) is 29.6 Å². The van der Waals surface area contributed by atoms with E-state index in [1.807, 2.05) is 6.20 Å². The van der Waals surface area contributed by atoms with Crippen LogP contribution in [0.2, 0.25) is 0 Å². The highest BCUT2D eigenvalue weighted by Crippen LogP contribution is 2.50. The number of hydrogen-bond acceptors (Lipinski definition) is 2. The summed E-state index contributed by atoms with van der Waals surface area (Å²) in [6, 6.07) is 4.37. The van der Waals surface area contributed by atoms with Crippen LogP contribution in [0.1, 0.15) is 37.4 Å². The van der Waals surface area contributed by atoms with Crippen molar-refractivity contribution in [1.29, 1.82) is 0 Å². The van der Waals surface area contributed by atoms with Gasteiger partial charge in [0.15, 0.2) is 0 Å². The Labute approximate surface area is 97.0 Å². The van der Waals surface area contributed by atoms with Crippen LogP contribution in [-0.4, -0.2) is 17.2 Å². The number of aryl methyl sites for hydroxylation is 1. The number of hydrogen-bond donors (Lipinski definition) is 0. The summed E-state index contributed by atoms with van der Waals surface area (Å²) in [6.45, 7) is 6.71. The first kappa shape index (κ1) is 10.3. The second-order valence-corrected chi connectivity index (χ2v) is 5.43. The monoisotopic (exact) mass is 217 g/mol. The fraction of sp³-hybridized carbons (Fsp3) is 0.643. The van der Waals surface area contributed by atoms with Crippen LogP contribution < -0.4 is 0 Å². The third-order valence-corrected chi connectivity index (χ3v) is 4.50. The van der Waals surface area contributed by atoms with E-state index in [4.69, 9.17) is 4.74 Å². The molecular formula is C14H19NO. The molecule has 2 bridgehead atoms. The topological polar surface area (TPSA) is 22.1 Å². The molecule has 3 heterocycles. The molecule has 0 amide bonds. The summed E-state index contributed by atoms with van der Waals surface area (Å²) in [5, 5.41) is 0. The van der Waals surface area contributed by atoms with E-state index in [1.54, 1.807) is 0 Å². The van der Waals surface area contributed by atoms with Gasteiger partial charge in [0.2, 0.25) is 0 Å². The van der Waals surface area contributed by atoms with Crippen LogP contribution in [0.25, 0.3) is 0 Å². The quantitative estimate of drug-likeness (QED) is 0.721. The smallest absolute Gasteiger partial charge is 0.0677 e. The lowest BCUT2D eigenvalue weighted by Crippen LogP contribution is -2.28. The van der Waals surface area contributed by atoms with Gasteiger partial charge >= 0.3 is 0 Å². The van der Waals surface area contributed by atoms with E-state index in [1.165, 1.54) is 12.0 Å². The number of nitrogens with zero attached hydrogens (tertiary/aromatic N) is 1. The van der Waals surface area contributed by atoms with Gasteiger partial charge in [0.25, 0.3) is 0 Å². The van der Waals surface area contributed by atoms with Crippen molar-refractivity contribution in [3.63, 3.8) is 0 Å². The fourth-order valence-electron chi connectivity index (χ4n) is 3.33. The maximum absolute atomic E-state index is 6.08. The summed E-state index contributed by atoms with van der Waals surface area (Å²) in [5.41, 5.74) is 2.53. The maximum atomic E-state index is 6.08. The van der Waals surface area contributed by atoms with Crippen molar-refractivity contribution in [1.82, 2.24) is 4.98 Å². The molecule has 1 aromatic heterocycles. The summed E-state index contributed by atoms with van der Waals surface area (Å²) in [6.07, 6.45) is 4.03. The second kappa shape index (κ2) is 3.56. The predicted molar refractivity (Wildman–Crippen MR) is 63.3 cm³/mol. The van der Waals surface area contributed by atoms with Gasteiger partial charge in [-0.3, -0.25) is 4.98 Å². The van der Waals surface area contributed by atoms with Crippen molar-refractivity contribution >= 4 is 0 Å². The van der Waals surface area contributed by atoms with Crippen LogP contribution in [0.3, 0.4) is 0 Å². The number of rotatable bonds is 1. The van der Waals surface area contributed by atoms with Crippen molar-refractivity contribution in [2.45, 2.75) is 45.3 Å². The molecule has 3 rings (SSSR count). The largest absolute Gasteiger partial charge is 0.374 e. The summed E-state index contributed by atoms with van der Waals surface area (Å²) in [4.78, 5) is 4.27. The molecule has 86 valence electrons. The molecular weight excluding hydrogens is 198 g/mol. The van der Waals surface area contributed by atoms with Crippen molar-refractivity contribution < 1.29 is 4.74 Å². The van der Waals surface area contributed by atoms with Gasteiger partial charge in [0.1, 0.15) is 0 Å². The summed E-state index contributed by atoms with van der Waals surface area (Å²) >= 11 is 0. The molecule has 5 unspecified atom stereocenters. The first-order valence-electron chi connectivity index (χ1n) is 6.25. The number of aromatic nitrogens is 1. The van der Waals surface area contributed by atoms with Crippen LogP contribution in [0.5, 0.6) is 0 Å². The lowest BCUT2D eigenvalue weighted by atomic mass is 9.73. The van der Waals surface area contributed by atoms with Crippen molar-refractivity contribution in [3.8, 4) is 0 Å². The van der Waals surface area contributed by atoms with Gasteiger partial charge in [0, 0.05) is 17.8 Å². The normalized spacial score (nSPS) is 41.6. The third kappa shape index (κ3) is 1.40. The molecule has 2 aliphatic heterocycles. The van der Waals surface area contributed by atoms with Gasteiger partial charge in [-0.15, -0.1) is 0 Å². The molecule has 2 heteroatoms. The van der Waals surface area contributed by atoms with Crippen LogP contribution in [0.15, 0.2) is 18.3 Å². The third-order valence-electron chi connectivity index (χ3n) is 4.50. The van der Waals surface area contributed by atoms with E-state index in [2.05, 4.69) is 37.9 Å². The predicted octanol–water partition coefficient (Wildman–Crippen LogP) is 2.92. The van der Waals surface area contributed by atoms with Crippen molar-refractivity contribution in [2.24, 2.45) is 11.8 Å². The van der Waals surface area contributed by atoms with E-state index in [0.29, 0.717) is 24.0 Å². The molecule has 2 saturated heterocycles. The molecule has 0 saturated carbocycles. The number of ether oxygens (including phenoxy) is 1. The zero-order chi connectivity index (χ0) is 11.3. The van der Waals surface area contributed by atoms with Gasteiger partial charge in [0.05, 0.1) is 12.2 Å². The minimum absolute atomic E-state index is 0.432. The summed E-state index contributed by atoms with van der Waals surface area (Å²) in [7, 11) is 0. The molecule has 5 atom stereocenters. The van der Waals surface area contributed by atoms with Gasteiger partial charge < -0.3 is 4.74 Å². The van der Waals surface area contributed by atoms with Gasteiger partial charge in [-0.1, -0.05) is 13.8 Å². The molecule has 0 spiro atoms. The summed E-state index contributed by atoms with van der Waals surface area (Å²) in [5.74, 6) is 2.01. The van der Waals surface area contributed by atoms with Gasteiger partial charge in [-0.2, -0.15) is 0 Å². The minimum Gasteiger partial charge on any atom is -0.374 e. The lowest BCUT2D eigenvalue weighted by molar-refractivity contribution is 0.0854. The molecule has 2 aliphatic rings. The Morgan fingerprint density at radius 1 is 1.31 bits per heavy atom. The molecule has 0 radical (unpaired) electrons. The molecule has 2 fully saturated rings. The SMILES string of the molecule is Cc1cc(C2CC3OC2C(C)C3C)ccn1. The van der Waals surface area contributed by atoms with E-state index in [-0.39, 0.29) is 0 Å². The second-order valence-electron chi connectivity index (χ2n) is 5.43. The molecule has 0 aromatic carbocycles. The van der Waals surface area contributed by atoms with E-state index >= 15 is 0 Å². The molecule has 2 nitrogen and oxygen atoms in total. The zero-order valence-corrected chi connectivity index (χ0v) is 10.2. The average molecular weight is 217 g/mol. The highest BCUT2D eigenvalue weighted by Gasteiger charge is 2.50. The molecule has 0 aliphatic carbocycles. The fourth-order valence-corrected chi connectivity index (χ4v) is 3.33. The van der Waals surface area contributed by atoms with Crippen LogP contribution in [0, 0.1) is 18.8 Å². The molecule has 0 N–H and O–H groups in total. The Hall–Kier alpha value is -0.890. The zero-order valence-electron chi connectivity index (χ0n) is 10.2. The lowest BCUT2D eigenvalue weighted by Gasteiger charge is -2.28. The first-order valence-corrected chi connectivity index (χ1v) is 6.25. The highest BCUT2D eigenvalue weighted by atomic mass is 16.5. The molecule has 16 heavy (non-hydrogen) atoms. The average Bonchev–Trinajstić information content (AvgIpc) is 2.80. The van der Waals surface area contributed by atoms with Crippen LogP contribution >= 0.6 is 0 Å². The number of pyridine rings is 1.